The number of rotatable bonds is 6. The second-order valence-corrected chi connectivity index (χ2v) is 12.6. The standard InChI is InChI=1S/C48H32N2/c1-4-14-35(15-5-1)41-23-13-24-43-47(41)42-22-10-11-25-44(42)50-48(43)39-21-12-20-38(30-39)33-26-28-34(29-27-33)40-31-45(36-16-6-2-7-17-36)49-46(32-40)37-18-8-3-9-19-37/h1-32H. The Morgan fingerprint density at radius 3 is 1.44 bits per heavy atom. The molecule has 9 rings (SSSR count). The van der Waals surface area contributed by atoms with Crippen LogP contribution in [0.5, 0.6) is 0 Å². The van der Waals surface area contributed by atoms with Gasteiger partial charge >= 0.3 is 0 Å². The Morgan fingerprint density at radius 2 is 0.780 bits per heavy atom. The Labute approximate surface area is 292 Å². The smallest absolute Gasteiger partial charge is 0.0788 e. The molecule has 0 atom stereocenters. The van der Waals surface area contributed by atoms with Crippen LogP contribution in [0.25, 0.3) is 88.8 Å². The van der Waals surface area contributed by atoms with Crippen molar-refractivity contribution in [2.24, 2.45) is 0 Å². The Hall–Kier alpha value is -6.64. The van der Waals surface area contributed by atoms with Crippen molar-refractivity contribution in [1.82, 2.24) is 9.97 Å². The Bertz CT molecular complexity index is 2550. The van der Waals surface area contributed by atoms with E-state index in [0.717, 1.165) is 66.9 Å². The van der Waals surface area contributed by atoms with Crippen molar-refractivity contribution in [2.75, 3.05) is 0 Å². The Balaban J connectivity index is 1.12. The monoisotopic (exact) mass is 636 g/mol. The topological polar surface area (TPSA) is 25.8 Å². The molecule has 2 nitrogen and oxygen atoms in total. The Kier molecular flexibility index (Phi) is 7.53. The molecular weight excluding hydrogens is 605 g/mol. The van der Waals surface area contributed by atoms with Crippen LogP contribution in [0.2, 0.25) is 0 Å². The maximum Gasteiger partial charge on any atom is 0.0788 e. The minimum atomic E-state index is 0.962. The molecule has 0 saturated heterocycles. The van der Waals surface area contributed by atoms with Gasteiger partial charge in [0.25, 0.3) is 0 Å². The largest absolute Gasteiger partial charge is 0.248 e. The molecule has 0 aliphatic heterocycles. The van der Waals surface area contributed by atoms with Crippen LogP contribution in [0.4, 0.5) is 0 Å². The van der Waals surface area contributed by atoms with Gasteiger partial charge in [0, 0.05) is 32.8 Å². The molecular formula is C48H32N2. The van der Waals surface area contributed by atoms with Gasteiger partial charge in [-0.05, 0) is 57.6 Å². The highest BCUT2D eigenvalue weighted by Gasteiger charge is 2.15. The molecule has 7 aromatic carbocycles. The summed E-state index contributed by atoms with van der Waals surface area (Å²) in [5.74, 6) is 0. The Morgan fingerprint density at radius 1 is 0.280 bits per heavy atom. The van der Waals surface area contributed by atoms with Crippen LogP contribution in [0.15, 0.2) is 194 Å². The highest BCUT2D eigenvalue weighted by atomic mass is 14.7. The fourth-order valence-electron chi connectivity index (χ4n) is 6.99. The maximum atomic E-state index is 5.26. The quantitative estimate of drug-likeness (QED) is 0.170. The normalized spacial score (nSPS) is 11.2. The van der Waals surface area contributed by atoms with E-state index in [2.05, 4.69) is 182 Å². The first kappa shape index (κ1) is 29.5. The predicted molar refractivity (Wildman–Crippen MR) is 210 cm³/mol. The molecule has 0 unspecified atom stereocenters. The van der Waals surface area contributed by atoms with Crippen molar-refractivity contribution in [1.29, 1.82) is 0 Å². The van der Waals surface area contributed by atoms with Crippen molar-refractivity contribution < 1.29 is 0 Å². The lowest BCUT2D eigenvalue weighted by Gasteiger charge is -2.15. The van der Waals surface area contributed by atoms with Crippen LogP contribution in [-0.4, -0.2) is 9.97 Å². The zero-order chi connectivity index (χ0) is 33.3. The molecule has 0 fully saturated rings. The van der Waals surface area contributed by atoms with Crippen LogP contribution < -0.4 is 0 Å². The van der Waals surface area contributed by atoms with Crippen LogP contribution in [0.3, 0.4) is 0 Å². The highest BCUT2D eigenvalue weighted by molar-refractivity contribution is 6.17. The van der Waals surface area contributed by atoms with Gasteiger partial charge in [-0.2, -0.15) is 0 Å². The van der Waals surface area contributed by atoms with E-state index in [1.165, 1.54) is 21.9 Å². The number of para-hydroxylation sites is 1. The average Bonchev–Trinajstić information content (AvgIpc) is 3.21. The SMILES string of the molecule is c1ccc(-c2cc(-c3ccc(-c4cccc(-c5nc6ccccc6c6c(-c7ccccc7)cccc56)c4)cc3)cc(-c3ccccc3)n2)cc1. The van der Waals surface area contributed by atoms with Gasteiger partial charge in [-0.1, -0.05) is 170 Å². The molecule has 2 aromatic heterocycles. The lowest BCUT2D eigenvalue weighted by molar-refractivity contribution is 1.32. The number of hydrogen-bond donors (Lipinski definition) is 0. The summed E-state index contributed by atoms with van der Waals surface area (Å²) in [7, 11) is 0. The summed E-state index contributed by atoms with van der Waals surface area (Å²) < 4.78 is 0. The summed E-state index contributed by atoms with van der Waals surface area (Å²) in [6.07, 6.45) is 0. The number of benzene rings is 7. The van der Waals surface area contributed by atoms with Crippen LogP contribution in [-0.2, 0) is 0 Å². The third kappa shape index (κ3) is 5.53. The summed E-state index contributed by atoms with van der Waals surface area (Å²) in [5.41, 5.74) is 14.2. The summed E-state index contributed by atoms with van der Waals surface area (Å²) in [5, 5.41) is 3.55. The minimum absolute atomic E-state index is 0.962. The predicted octanol–water partition coefficient (Wildman–Crippen LogP) is 12.8. The molecule has 0 bridgehead atoms. The molecule has 234 valence electrons. The van der Waals surface area contributed by atoms with E-state index in [-0.39, 0.29) is 0 Å². The summed E-state index contributed by atoms with van der Waals surface area (Å²) >= 11 is 0. The minimum Gasteiger partial charge on any atom is -0.248 e. The van der Waals surface area contributed by atoms with Gasteiger partial charge in [0.15, 0.2) is 0 Å². The second-order valence-electron chi connectivity index (χ2n) is 12.6. The van der Waals surface area contributed by atoms with Gasteiger partial charge in [0.2, 0.25) is 0 Å². The summed E-state index contributed by atoms with van der Waals surface area (Å²) in [6.45, 7) is 0. The molecule has 0 amide bonds. The van der Waals surface area contributed by atoms with Gasteiger partial charge in [-0.25, -0.2) is 9.97 Å². The van der Waals surface area contributed by atoms with E-state index in [4.69, 9.17) is 9.97 Å². The lowest BCUT2D eigenvalue weighted by atomic mass is 9.92. The van der Waals surface area contributed by atoms with E-state index in [1.807, 2.05) is 12.1 Å². The van der Waals surface area contributed by atoms with Crippen LogP contribution in [0, 0.1) is 0 Å². The van der Waals surface area contributed by atoms with Gasteiger partial charge in [-0.3, -0.25) is 0 Å². The van der Waals surface area contributed by atoms with Crippen LogP contribution >= 0.6 is 0 Å². The molecule has 9 aromatic rings. The first-order valence-corrected chi connectivity index (χ1v) is 17.0. The van der Waals surface area contributed by atoms with E-state index in [0.29, 0.717) is 0 Å². The molecule has 0 aliphatic carbocycles. The fraction of sp³-hybridized carbons (Fsp3) is 0. The molecule has 0 radical (unpaired) electrons. The van der Waals surface area contributed by atoms with E-state index in [9.17, 15) is 0 Å². The average molecular weight is 637 g/mol. The number of aromatic nitrogens is 2. The van der Waals surface area contributed by atoms with E-state index < -0.39 is 0 Å². The zero-order valence-electron chi connectivity index (χ0n) is 27.4. The van der Waals surface area contributed by atoms with E-state index >= 15 is 0 Å². The molecule has 0 spiro atoms. The van der Waals surface area contributed by atoms with Crippen molar-refractivity contribution in [3.8, 4) is 67.2 Å². The highest BCUT2D eigenvalue weighted by Crippen LogP contribution is 2.39. The van der Waals surface area contributed by atoms with Gasteiger partial charge in [0.1, 0.15) is 0 Å². The third-order valence-electron chi connectivity index (χ3n) is 9.46. The molecule has 2 heterocycles. The number of nitrogens with zero attached hydrogens (tertiary/aromatic N) is 2. The molecule has 0 saturated carbocycles. The fourth-order valence-corrected chi connectivity index (χ4v) is 6.99. The molecule has 0 N–H and O–H groups in total. The summed E-state index contributed by atoms with van der Waals surface area (Å²) in [6, 6.07) is 68.6. The van der Waals surface area contributed by atoms with Gasteiger partial charge in [-0.15, -0.1) is 0 Å². The van der Waals surface area contributed by atoms with Gasteiger partial charge < -0.3 is 0 Å². The first-order chi connectivity index (χ1) is 24.8. The van der Waals surface area contributed by atoms with Crippen molar-refractivity contribution in [2.45, 2.75) is 0 Å². The molecule has 50 heavy (non-hydrogen) atoms. The van der Waals surface area contributed by atoms with Crippen molar-refractivity contribution in [3.63, 3.8) is 0 Å². The van der Waals surface area contributed by atoms with Crippen molar-refractivity contribution in [3.05, 3.63) is 194 Å². The van der Waals surface area contributed by atoms with Crippen molar-refractivity contribution >= 4 is 21.7 Å². The lowest BCUT2D eigenvalue weighted by Crippen LogP contribution is -1.92. The number of fused-ring (bicyclic) bond motifs is 3. The number of pyridine rings is 2. The second kappa shape index (κ2) is 12.8. The molecule has 2 heteroatoms. The third-order valence-corrected chi connectivity index (χ3v) is 9.46. The van der Waals surface area contributed by atoms with E-state index in [1.54, 1.807) is 0 Å². The van der Waals surface area contributed by atoms with Crippen LogP contribution in [0.1, 0.15) is 0 Å². The summed E-state index contributed by atoms with van der Waals surface area (Å²) in [4.78, 5) is 10.3. The first-order valence-electron chi connectivity index (χ1n) is 17.0. The van der Waals surface area contributed by atoms with Gasteiger partial charge in [0.05, 0.1) is 22.6 Å². The maximum absolute atomic E-state index is 5.26. The number of hydrogen-bond acceptors (Lipinski definition) is 2. The molecule has 0 aliphatic rings. The zero-order valence-corrected chi connectivity index (χ0v) is 27.4.